The van der Waals surface area contributed by atoms with E-state index in [1.165, 1.54) is 0 Å². The maximum Gasteiger partial charge on any atom is 0.127 e. The van der Waals surface area contributed by atoms with Gasteiger partial charge in [-0.2, -0.15) is 5.10 Å². The van der Waals surface area contributed by atoms with Crippen molar-refractivity contribution < 1.29 is 5.11 Å². The zero-order valence-corrected chi connectivity index (χ0v) is 16.9. The zero-order valence-electron chi connectivity index (χ0n) is 16.1. The summed E-state index contributed by atoms with van der Waals surface area (Å²) >= 11 is 1.66. The predicted octanol–water partition coefficient (Wildman–Crippen LogP) is 4.57. The van der Waals surface area contributed by atoms with E-state index < -0.39 is 11.1 Å². The van der Waals surface area contributed by atoms with Crippen molar-refractivity contribution in [3.8, 4) is 32.3 Å². The summed E-state index contributed by atoms with van der Waals surface area (Å²) in [6.45, 7) is 1.84. The summed E-state index contributed by atoms with van der Waals surface area (Å²) in [5.41, 5.74) is 10.6. The third-order valence-corrected chi connectivity index (χ3v) is 6.69. The highest BCUT2D eigenvalue weighted by atomic mass is 32.1. The number of nitrogens with zero attached hydrogens (tertiary/aromatic N) is 2. The lowest BCUT2D eigenvalue weighted by Gasteiger charge is -2.49. The summed E-state index contributed by atoms with van der Waals surface area (Å²) in [6, 6.07) is 18.6. The van der Waals surface area contributed by atoms with E-state index >= 15 is 0 Å². The van der Waals surface area contributed by atoms with Crippen LogP contribution in [0.15, 0.2) is 67.0 Å². The van der Waals surface area contributed by atoms with Crippen LogP contribution in [0, 0.1) is 0 Å². The standard InChI is InChI=1S/C23H22N4OS/c1-22(28)13-23(24,14-22)18-9-7-15(8-10-18)19-20(16-5-3-2-4-6-16)29-21(27-19)17-11-25-26-12-17/h2-12,28H,13-14,24H2,1H3,(H,25,26). The highest BCUT2D eigenvalue weighted by Gasteiger charge is 2.49. The molecule has 29 heavy (non-hydrogen) atoms. The van der Waals surface area contributed by atoms with Crippen molar-refractivity contribution in [1.29, 1.82) is 0 Å². The maximum absolute atomic E-state index is 10.1. The number of nitrogens with one attached hydrogen (secondary N) is 1. The molecule has 146 valence electrons. The number of thiazole rings is 1. The van der Waals surface area contributed by atoms with Gasteiger partial charge in [-0.3, -0.25) is 5.10 Å². The van der Waals surface area contributed by atoms with E-state index in [-0.39, 0.29) is 0 Å². The molecule has 0 bridgehead atoms. The third kappa shape index (κ3) is 3.29. The van der Waals surface area contributed by atoms with Crippen molar-refractivity contribution in [2.24, 2.45) is 5.73 Å². The van der Waals surface area contributed by atoms with Crippen LogP contribution in [0.5, 0.6) is 0 Å². The molecule has 2 heterocycles. The minimum absolute atomic E-state index is 0.450. The molecule has 5 rings (SSSR count). The molecule has 2 aromatic heterocycles. The highest BCUT2D eigenvalue weighted by Crippen LogP contribution is 2.47. The highest BCUT2D eigenvalue weighted by molar-refractivity contribution is 7.19. The normalized spacial score (nSPS) is 23.7. The lowest BCUT2D eigenvalue weighted by atomic mass is 9.63. The van der Waals surface area contributed by atoms with Gasteiger partial charge < -0.3 is 10.8 Å². The number of rotatable bonds is 4. The van der Waals surface area contributed by atoms with Crippen LogP contribution in [0.25, 0.3) is 32.3 Å². The molecule has 0 atom stereocenters. The molecule has 4 N–H and O–H groups in total. The Morgan fingerprint density at radius 3 is 2.34 bits per heavy atom. The van der Waals surface area contributed by atoms with E-state index in [0.29, 0.717) is 12.8 Å². The Bertz CT molecular complexity index is 1120. The van der Waals surface area contributed by atoms with Crippen molar-refractivity contribution in [2.45, 2.75) is 30.9 Å². The molecular weight excluding hydrogens is 380 g/mol. The number of aromatic nitrogens is 3. The Hall–Kier alpha value is -2.80. The second-order valence-electron chi connectivity index (χ2n) is 8.13. The van der Waals surface area contributed by atoms with Crippen LogP contribution in [-0.2, 0) is 5.54 Å². The average molecular weight is 403 g/mol. The van der Waals surface area contributed by atoms with E-state index in [2.05, 4.69) is 46.6 Å². The third-order valence-electron chi connectivity index (χ3n) is 5.53. The number of aromatic amines is 1. The molecule has 0 radical (unpaired) electrons. The Labute approximate surface area is 173 Å². The molecular formula is C23H22N4OS. The van der Waals surface area contributed by atoms with E-state index in [1.807, 2.05) is 31.3 Å². The van der Waals surface area contributed by atoms with Gasteiger partial charge in [-0.05, 0) is 30.9 Å². The van der Waals surface area contributed by atoms with Crippen LogP contribution in [-0.4, -0.2) is 25.9 Å². The first-order valence-corrected chi connectivity index (χ1v) is 10.4. The van der Waals surface area contributed by atoms with Crippen LogP contribution in [0.2, 0.25) is 0 Å². The quantitative estimate of drug-likeness (QED) is 0.467. The van der Waals surface area contributed by atoms with Crippen LogP contribution < -0.4 is 5.73 Å². The second-order valence-corrected chi connectivity index (χ2v) is 9.13. The van der Waals surface area contributed by atoms with E-state index in [4.69, 9.17) is 10.7 Å². The van der Waals surface area contributed by atoms with E-state index in [9.17, 15) is 5.11 Å². The second kappa shape index (κ2) is 6.62. The Kier molecular flexibility index (Phi) is 4.17. The van der Waals surface area contributed by atoms with Gasteiger partial charge >= 0.3 is 0 Å². The van der Waals surface area contributed by atoms with Gasteiger partial charge in [-0.15, -0.1) is 11.3 Å². The fraction of sp³-hybridized carbons (Fsp3) is 0.217. The Balaban J connectivity index is 1.55. The summed E-state index contributed by atoms with van der Waals surface area (Å²) in [5, 5.41) is 18.0. The van der Waals surface area contributed by atoms with Gasteiger partial charge in [0.15, 0.2) is 0 Å². The van der Waals surface area contributed by atoms with Gasteiger partial charge in [0, 0.05) is 22.9 Å². The van der Waals surface area contributed by atoms with E-state index in [0.717, 1.165) is 37.8 Å². The summed E-state index contributed by atoms with van der Waals surface area (Å²) < 4.78 is 0. The number of benzene rings is 2. The predicted molar refractivity (Wildman–Crippen MR) is 116 cm³/mol. The van der Waals surface area contributed by atoms with Crippen molar-refractivity contribution in [3.05, 3.63) is 72.6 Å². The van der Waals surface area contributed by atoms with Crippen LogP contribution in [0.3, 0.4) is 0 Å². The van der Waals surface area contributed by atoms with Gasteiger partial charge in [0.1, 0.15) is 5.01 Å². The lowest BCUT2D eigenvalue weighted by Crippen LogP contribution is -2.58. The topological polar surface area (TPSA) is 87.8 Å². The number of nitrogens with two attached hydrogens (primary N) is 1. The molecule has 0 unspecified atom stereocenters. The van der Waals surface area contributed by atoms with Gasteiger partial charge in [0.25, 0.3) is 0 Å². The molecule has 5 nitrogen and oxygen atoms in total. The summed E-state index contributed by atoms with van der Waals surface area (Å²) in [7, 11) is 0. The molecule has 4 aromatic rings. The summed E-state index contributed by atoms with van der Waals surface area (Å²) in [6.07, 6.45) is 4.81. The number of H-pyrrole nitrogens is 1. The average Bonchev–Trinajstić information content (AvgIpc) is 3.37. The Morgan fingerprint density at radius 2 is 1.72 bits per heavy atom. The van der Waals surface area contributed by atoms with Crippen LogP contribution in [0.1, 0.15) is 25.3 Å². The van der Waals surface area contributed by atoms with Crippen LogP contribution in [0.4, 0.5) is 0 Å². The Morgan fingerprint density at radius 1 is 1.00 bits per heavy atom. The van der Waals surface area contributed by atoms with Crippen molar-refractivity contribution in [3.63, 3.8) is 0 Å². The SMILES string of the molecule is CC1(O)CC(N)(c2ccc(-c3nc(-c4cn[nH]c4)sc3-c3ccccc3)cc2)C1. The molecule has 0 spiro atoms. The van der Waals surface area contributed by atoms with Gasteiger partial charge in [0.2, 0.25) is 0 Å². The zero-order chi connectivity index (χ0) is 20.1. The van der Waals surface area contributed by atoms with Crippen molar-refractivity contribution in [2.75, 3.05) is 0 Å². The van der Waals surface area contributed by atoms with Crippen LogP contribution >= 0.6 is 11.3 Å². The smallest absolute Gasteiger partial charge is 0.127 e. The lowest BCUT2D eigenvalue weighted by molar-refractivity contribution is -0.0738. The molecule has 0 aliphatic heterocycles. The molecule has 2 aromatic carbocycles. The number of hydrogen-bond acceptors (Lipinski definition) is 5. The molecule has 1 aliphatic carbocycles. The monoisotopic (exact) mass is 402 g/mol. The largest absolute Gasteiger partial charge is 0.390 e. The van der Waals surface area contributed by atoms with Gasteiger partial charge in [0.05, 0.1) is 22.4 Å². The molecule has 1 aliphatic rings. The minimum Gasteiger partial charge on any atom is -0.390 e. The summed E-state index contributed by atoms with van der Waals surface area (Å²) in [5.74, 6) is 0. The van der Waals surface area contributed by atoms with Crippen molar-refractivity contribution >= 4 is 11.3 Å². The first-order chi connectivity index (χ1) is 13.9. The molecule has 1 fully saturated rings. The first kappa shape index (κ1) is 18.2. The maximum atomic E-state index is 10.1. The fourth-order valence-corrected chi connectivity index (χ4v) is 5.34. The van der Waals surface area contributed by atoms with Gasteiger partial charge in [-0.25, -0.2) is 4.98 Å². The van der Waals surface area contributed by atoms with Gasteiger partial charge in [-0.1, -0.05) is 54.6 Å². The molecule has 1 saturated carbocycles. The molecule has 0 saturated heterocycles. The first-order valence-electron chi connectivity index (χ1n) is 9.61. The summed E-state index contributed by atoms with van der Waals surface area (Å²) in [4.78, 5) is 6.06. The fourth-order valence-electron chi connectivity index (χ4n) is 4.26. The molecule has 6 heteroatoms. The molecule has 0 amide bonds. The number of hydrogen-bond donors (Lipinski definition) is 3. The van der Waals surface area contributed by atoms with E-state index in [1.54, 1.807) is 17.5 Å². The minimum atomic E-state index is -0.664. The number of aliphatic hydroxyl groups is 1. The van der Waals surface area contributed by atoms with Crippen molar-refractivity contribution in [1.82, 2.24) is 15.2 Å².